The number of nitrogens with one attached hydrogen (secondary N) is 1. The summed E-state index contributed by atoms with van der Waals surface area (Å²) >= 11 is 0. The van der Waals surface area contributed by atoms with Crippen molar-refractivity contribution in [2.24, 2.45) is 0 Å². The smallest absolute Gasteiger partial charge is 0.471 e. The molecule has 7 nitrogen and oxygen atoms in total. The molecule has 1 N–H and O–H groups in total. The zero-order chi connectivity index (χ0) is 26.5. The number of aromatic nitrogens is 2. The molecule has 0 radical (unpaired) electrons. The maximum absolute atomic E-state index is 13.0. The molecule has 1 amide bonds. The van der Waals surface area contributed by atoms with Crippen LogP contribution in [0.4, 0.5) is 13.2 Å². The number of alkyl halides is 3. The second kappa shape index (κ2) is 10.8. The third-order valence-corrected chi connectivity index (χ3v) is 5.85. The summed E-state index contributed by atoms with van der Waals surface area (Å²) < 4.78 is 53.8. The molecular weight excluding hydrogens is 499 g/mol. The van der Waals surface area contributed by atoms with Gasteiger partial charge in [-0.1, -0.05) is 53.7 Å². The van der Waals surface area contributed by atoms with Crippen molar-refractivity contribution in [3.05, 3.63) is 102 Å². The van der Waals surface area contributed by atoms with Gasteiger partial charge in [0.25, 0.3) is 5.91 Å². The van der Waals surface area contributed by atoms with Crippen LogP contribution >= 0.6 is 0 Å². The number of aryl methyl sites for hydroxylation is 2. The summed E-state index contributed by atoms with van der Waals surface area (Å²) in [5.74, 6) is -1.17. The molecule has 0 saturated carbocycles. The van der Waals surface area contributed by atoms with Crippen molar-refractivity contribution in [1.29, 1.82) is 0 Å². The van der Waals surface area contributed by atoms with Crippen LogP contribution < -0.4 is 10.1 Å². The number of hydrogen-bond donors (Lipinski definition) is 1. The van der Waals surface area contributed by atoms with Crippen LogP contribution in [-0.2, 0) is 19.0 Å². The SMILES string of the molecule is O=C(NCCOc1ccc(-c2noc(C(F)(F)F)n2)cc1)c1oc2ccccc2c1CCc1ccccc1. The number of benzene rings is 3. The van der Waals surface area contributed by atoms with Crippen molar-refractivity contribution in [3.63, 3.8) is 0 Å². The Kier molecular flexibility index (Phi) is 7.12. The number of carbonyl (C=O) groups is 1. The first-order valence-corrected chi connectivity index (χ1v) is 11.8. The summed E-state index contributed by atoms with van der Waals surface area (Å²) in [6.45, 7) is 0.390. The fourth-order valence-electron chi connectivity index (χ4n) is 4.01. The van der Waals surface area contributed by atoms with Crippen LogP contribution in [0.3, 0.4) is 0 Å². The zero-order valence-corrected chi connectivity index (χ0v) is 20.0. The number of rotatable bonds is 9. The van der Waals surface area contributed by atoms with E-state index in [4.69, 9.17) is 9.15 Å². The first-order valence-electron chi connectivity index (χ1n) is 11.8. The van der Waals surface area contributed by atoms with Gasteiger partial charge < -0.3 is 19.0 Å². The lowest BCUT2D eigenvalue weighted by molar-refractivity contribution is -0.159. The molecule has 0 bridgehead atoms. The molecule has 0 aliphatic heterocycles. The van der Waals surface area contributed by atoms with E-state index in [1.54, 1.807) is 12.1 Å². The maximum Gasteiger partial charge on any atom is 0.471 e. The fourth-order valence-corrected chi connectivity index (χ4v) is 4.01. The van der Waals surface area contributed by atoms with Gasteiger partial charge in [-0.3, -0.25) is 4.79 Å². The van der Waals surface area contributed by atoms with E-state index < -0.39 is 12.1 Å². The molecule has 10 heteroatoms. The van der Waals surface area contributed by atoms with Crippen molar-refractivity contribution in [2.45, 2.75) is 19.0 Å². The van der Waals surface area contributed by atoms with Gasteiger partial charge in [0.1, 0.15) is 17.9 Å². The summed E-state index contributed by atoms with van der Waals surface area (Å²) in [4.78, 5) is 16.3. The molecule has 0 aliphatic carbocycles. The van der Waals surface area contributed by atoms with E-state index in [0.717, 1.165) is 17.4 Å². The number of carbonyl (C=O) groups excluding carboxylic acids is 1. The third-order valence-electron chi connectivity index (χ3n) is 5.85. The number of ether oxygens (including phenoxy) is 1. The van der Waals surface area contributed by atoms with Crippen molar-refractivity contribution in [1.82, 2.24) is 15.5 Å². The minimum absolute atomic E-state index is 0.172. The van der Waals surface area contributed by atoms with Gasteiger partial charge >= 0.3 is 12.1 Å². The van der Waals surface area contributed by atoms with Gasteiger partial charge in [-0.05, 0) is 48.7 Å². The first-order chi connectivity index (χ1) is 18.4. The van der Waals surface area contributed by atoms with E-state index in [9.17, 15) is 18.0 Å². The molecule has 2 heterocycles. The molecule has 3 aromatic carbocycles. The van der Waals surface area contributed by atoms with E-state index in [1.165, 1.54) is 17.7 Å². The Morgan fingerprint density at radius 2 is 1.66 bits per heavy atom. The van der Waals surface area contributed by atoms with Gasteiger partial charge in [0, 0.05) is 16.5 Å². The Labute approximate surface area is 215 Å². The van der Waals surface area contributed by atoms with E-state index in [-0.39, 0.29) is 30.6 Å². The van der Waals surface area contributed by atoms with E-state index in [0.29, 0.717) is 23.3 Å². The molecule has 2 aromatic heterocycles. The topological polar surface area (TPSA) is 90.4 Å². The number of fused-ring (bicyclic) bond motifs is 1. The van der Waals surface area contributed by atoms with Gasteiger partial charge in [0.05, 0.1) is 6.54 Å². The van der Waals surface area contributed by atoms with Crippen molar-refractivity contribution >= 4 is 16.9 Å². The predicted molar refractivity (Wildman–Crippen MR) is 133 cm³/mol. The Hall–Kier alpha value is -4.60. The van der Waals surface area contributed by atoms with Gasteiger partial charge in [-0.15, -0.1) is 0 Å². The maximum atomic E-state index is 13.0. The Bertz CT molecular complexity index is 1530. The second-order valence-corrected chi connectivity index (χ2v) is 8.44. The molecule has 0 atom stereocenters. The van der Waals surface area contributed by atoms with Crippen LogP contribution in [0.1, 0.15) is 27.6 Å². The van der Waals surface area contributed by atoms with Crippen molar-refractivity contribution < 1.29 is 31.6 Å². The average Bonchev–Trinajstić information content (AvgIpc) is 3.57. The van der Waals surface area contributed by atoms with Crippen molar-refractivity contribution in [2.75, 3.05) is 13.2 Å². The highest BCUT2D eigenvalue weighted by atomic mass is 19.4. The molecule has 194 valence electrons. The lowest BCUT2D eigenvalue weighted by Crippen LogP contribution is -2.28. The monoisotopic (exact) mass is 521 g/mol. The largest absolute Gasteiger partial charge is 0.492 e. The Morgan fingerprint density at radius 3 is 2.39 bits per heavy atom. The molecule has 5 aromatic rings. The highest BCUT2D eigenvalue weighted by Gasteiger charge is 2.38. The standard InChI is InChI=1S/C28H22F3N3O4/c29-28(30,31)27-33-25(34-38-27)19-11-13-20(14-12-19)36-17-16-32-26(35)24-22(15-10-18-6-2-1-3-7-18)21-8-4-5-9-23(21)37-24/h1-9,11-14H,10,15-17H2,(H,32,35). The number of halogens is 3. The molecule has 0 aliphatic rings. The quantitative estimate of drug-likeness (QED) is 0.236. The van der Waals surface area contributed by atoms with E-state index in [2.05, 4.69) is 20.0 Å². The molecule has 0 spiro atoms. The Balaban J connectivity index is 1.18. The van der Waals surface area contributed by atoms with E-state index >= 15 is 0 Å². The molecule has 0 fully saturated rings. The van der Waals surface area contributed by atoms with E-state index in [1.807, 2.05) is 54.6 Å². The Morgan fingerprint density at radius 1 is 0.921 bits per heavy atom. The number of nitrogens with zero attached hydrogens (tertiary/aromatic N) is 2. The van der Waals surface area contributed by atoms with Gasteiger partial charge in [-0.2, -0.15) is 18.2 Å². The average molecular weight is 521 g/mol. The lowest BCUT2D eigenvalue weighted by atomic mass is 10.0. The summed E-state index contributed by atoms with van der Waals surface area (Å²) in [5.41, 5.74) is 3.02. The summed E-state index contributed by atoms with van der Waals surface area (Å²) in [6.07, 6.45) is -3.29. The number of furan rings is 1. The van der Waals surface area contributed by atoms with Crippen LogP contribution in [0.2, 0.25) is 0 Å². The third kappa shape index (κ3) is 5.69. The molecule has 5 rings (SSSR count). The van der Waals surface area contributed by atoms with Gasteiger partial charge in [-0.25, -0.2) is 0 Å². The highest BCUT2D eigenvalue weighted by Crippen LogP contribution is 2.30. The summed E-state index contributed by atoms with van der Waals surface area (Å²) in [5, 5.41) is 7.09. The minimum Gasteiger partial charge on any atom is -0.492 e. The lowest BCUT2D eigenvalue weighted by Gasteiger charge is -2.08. The van der Waals surface area contributed by atoms with Crippen molar-refractivity contribution in [3.8, 4) is 17.1 Å². The van der Waals surface area contributed by atoms with Crippen LogP contribution in [0.15, 0.2) is 87.8 Å². The fraction of sp³-hybridized carbons (Fsp3) is 0.179. The van der Waals surface area contributed by atoms with Crippen LogP contribution in [-0.4, -0.2) is 29.2 Å². The highest BCUT2D eigenvalue weighted by molar-refractivity contribution is 5.99. The number of para-hydroxylation sites is 1. The van der Waals surface area contributed by atoms with Crippen LogP contribution in [0, 0.1) is 0 Å². The van der Waals surface area contributed by atoms with Crippen LogP contribution in [0.25, 0.3) is 22.4 Å². The summed E-state index contributed by atoms with van der Waals surface area (Å²) in [7, 11) is 0. The minimum atomic E-state index is -4.70. The normalized spacial score (nSPS) is 11.6. The predicted octanol–water partition coefficient (Wildman–Crippen LogP) is 6.10. The molecule has 0 unspecified atom stereocenters. The summed E-state index contributed by atoms with van der Waals surface area (Å²) in [6, 6.07) is 23.8. The first kappa shape index (κ1) is 25.1. The number of hydrogen-bond acceptors (Lipinski definition) is 6. The van der Waals surface area contributed by atoms with Gasteiger partial charge in [0.15, 0.2) is 5.76 Å². The molecule has 38 heavy (non-hydrogen) atoms. The molecular formula is C28H22F3N3O4. The number of amides is 1. The van der Waals surface area contributed by atoms with Gasteiger partial charge in [0.2, 0.25) is 5.82 Å². The second-order valence-electron chi connectivity index (χ2n) is 8.44. The molecule has 0 saturated heterocycles. The van der Waals surface area contributed by atoms with Crippen LogP contribution in [0.5, 0.6) is 5.75 Å². The zero-order valence-electron chi connectivity index (χ0n) is 20.0.